The maximum atomic E-state index is 13.0. The van der Waals surface area contributed by atoms with E-state index in [1.165, 1.54) is 29.2 Å². The summed E-state index contributed by atoms with van der Waals surface area (Å²) in [6.45, 7) is 3.56. The molecule has 1 saturated heterocycles. The summed E-state index contributed by atoms with van der Waals surface area (Å²) in [4.78, 5) is 40.0. The number of ketones is 1. The van der Waals surface area contributed by atoms with Crippen molar-refractivity contribution in [3.05, 3.63) is 75.3 Å². The van der Waals surface area contributed by atoms with Gasteiger partial charge in [0.2, 0.25) is 0 Å². The Balaban J connectivity index is 2.03. The fourth-order valence-electron chi connectivity index (χ4n) is 3.88. The van der Waals surface area contributed by atoms with Gasteiger partial charge in [0.05, 0.1) is 23.1 Å². The molecule has 1 aliphatic rings. The van der Waals surface area contributed by atoms with Crippen molar-refractivity contribution in [1.29, 1.82) is 0 Å². The molecule has 9 nitrogen and oxygen atoms in total. The maximum Gasteiger partial charge on any atom is 0.295 e. The summed E-state index contributed by atoms with van der Waals surface area (Å²) in [6.07, 6.45) is 1.47. The number of likely N-dealkylation sites (tertiary alicyclic amines) is 1. The molecule has 1 N–H and O–H groups in total. The van der Waals surface area contributed by atoms with Gasteiger partial charge in [-0.05, 0) is 75.4 Å². The Labute approximate surface area is 198 Å². The first-order valence-corrected chi connectivity index (χ1v) is 11.1. The number of Topliss-reactive ketones (excluding diaryl/α,β-unsaturated/α-hetero) is 1. The molecule has 0 radical (unpaired) electrons. The Bertz CT molecular complexity index is 1080. The molecule has 1 fully saturated rings. The normalized spacial score (nSPS) is 17.4. The van der Waals surface area contributed by atoms with Crippen LogP contribution in [0.15, 0.2) is 54.1 Å². The summed E-state index contributed by atoms with van der Waals surface area (Å²) in [5.41, 5.74) is 0.753. The van der Waals surface area contributed by atoms with Gasteiger partial charge in [0.25, 0.3) is 17.4 Å². The average molecular weight is 468 g/mol. The van der Waals surface area contributed by atoms with Crippen LogP contribution in [0.5, 0.6) is 5.75 Å². The summed E-state index contributed by atoms with van der Waals surface area (Å²) < 4.78 is 5.57. The minimum atomic E-state index is -0.848. The van der Waals surface area contributed by atoms with Crippen molar-refractivity contribution in [2.75, 3.05) is 33.8 Å². The fraction of sp³-hybridized carbons (Fsp3) is 0.360. The minimum absolute atomic E-state index is 0.0362. The number of hydrogen-bond donors (Lipinski definition) is 1. The van der Waals surface area contributed by atoms with Crippen LogP contribution in [0.3, 0.4) is 0 Å². The number of amides is 1. The molecule has 0 aliphatic carbocycles. The quantitative estimate of drug-likeness (QED) is 0.186. The molecule has 9 heteroatoms. The summed E-state index contributed by atoms with van der Waals surface area (Å²) in [7, 11) is 3.83. The number of rotatable bonds is 10. The number of ether oxygens (including phenoxy) is 1. The van der Waals surface area contributed by atoms with Crippen LogP contribution in [0, 0.1) is 10.1 Å². The Kier molecular flexibility index (Phi) is 8.01. The van der Waals surface area contributed by atoms with Gasteiger partial charge in [-0.2, -0.15) is 0 Å². The van der Waals surface area contributed by atoms with Crippen molar-refractivity contribution >= 4 is 23.1 Å². The summed E-state index contributed by atoms with van der Waals surface area (Å²) >= 11 is 0. The fourth-order valence-corrected chi connectivity index (χ4v) is 3.88. The maximum absolute atomic E-state index is 13.0. The van der Waals surface area contributed by atoms with E-state index in [1.54, 1.807) is 24.3 Å². The van der Waals surface area contributed by atoms with Crippen molar-refractivity contribution in [3.8, 4) is 5.75 Å². The molecule has 3 rings (SSSR count). The average Bonchev–Trinajstić information content (AvgIpc) is 3.07. The van der Waals surface area contributed by atoms with E-state index in [-0.39, 0.29) is 17.0 Å². The molecular formula is C25H29N3O6. The van der Waals surface area contributed by atoms with Gasteiger partial charge >= 0.3 is 0 Å². The molecule has 0 unspecified atom stereocenters. The number of carbonyl (C=O) groups is 2. The van der Waals surface area contributed by atoms with E-state index >= 15 is 0 Å². The second kappa shape index (κ2) is 10.9. The highest BCUT2D eigenvalue weighted by Crippen LogP contribution is 2.40. The molecule has 1 heterocycles. The molecule has 0 saturated carbocycles. The van der Waals surface area contributed by atoms with Crippen LogP contribution in [0.1, 0.15) is 36.9 Å². The third kappa shape index (κ3) is 5.43. The lowest BCUT2D eigenvalue weighted by atomic mass is 9.95. The largest absolute Gasteiger partial charge is 0.507 e. The van der Waals surface area contributed by atoms with Gasteiger partial charge in [-0.15, -0.1) is 0 Å². The second-order valence-corrected chi connectivity index (χ2v) is 8.37. The van der Waals surface area contributed by atoms with Crippen molar-refractivity contribution in [3.63, 3.8) is 0 Å². The molecule has 0 bridgehead atoms. The third-order valence-electron chi connectivity index (χ3n) is 5.56. The van der Waals surface area contributed by atoms with Crippen LogP contribution in [0.2, 0.25) is 0 Å². The van der Waals surface area contributed by atoms with E-state index < -0.39 is 22.7 Å². The summed E-state index contributed by atoms with van der Waals surface area (Å²) in [6, 6.07) is 11.5. The predicted molar refractivity (Wildman–Crippen MR) is 128 cm³/mol. The van der Waals surface area contributed by atoms with E-state index in [9.17, 15) is 24.8 Å². The molecule has 2 aromatic rings. The van der Waals surface area contributed by atoms with Crippen LogP contribution in [-0.4, -0.2) is 65.3 Å². The molecule has 0 spiro atoms. The highest BCUT2D eigenvalue weighted by atomic mass is 16.6. The van der Waals surface area contributed by atoms with E-state index in [0.717, 1.165) is 6.42 Å². The number of nitro benzene ring substituents is 1. The van der Waals surface area contributed by atoms with E-state index in [0.29, 0.717) is 43.0 Å². The summed E-state index contributed by atoms with van der Waals surface area (Å²) in [5.74, 6) is -1.14. The molecule has 2 aromatic carbocycles. The van der Waals surface area contributed by atoms with Crippen molar-refractivity contribution in [2.24, 2.45) is 0 Å². The van der Waals surface area contributed by atoms with E-state index in [4.69, 9.17) is 4.74 Å². The third-order valence-corrected chi connectivity index (χ3v) is 5.56. The van der Waals surface area contributed by atoms with E-state index in [2.05, 4.69) is 0 Å². The first kappa shape index (κ1) is 24.9. The Morgan fingerprint density at radius 2 is 1.76 bits per heavy atom. The summed E-state index contributed by atoms with van der Waals surface area (Å²) in [5, 5.41) is 22.2. The number of non-ortho nitro benzene ring substituents is 1. The highest BCUT2D eigenvalue weighted by Gasteiger charge is 2.45. The van der Waals surface area contributed by atoms with Gasteiger partial charge in [-0.3, -0.25) is 19.7 Å². The van der Waals surface area contributed by atoms with Crippen LogP contribution < -0.4 is 4.74 Å². The SMILES string of the molecule is CCCOc1ccc(C(O)=C2C(=O)C(=O)N(CCCN(C)C)[C@H]2c2ccc([N+](=O)[O-])cc2)cc1. The van der Waals surface area contributed by atoms with Gasteiger partial charge in [-0.1, -0.05) is 6.92 Å². The van der Waals surface area contributed by atoms with Crippen LogP contribution in [-0.2, 0) is 9.59 Å². The smallest absolute Gasteiger partial charge is 0.295 e. The predicted octanol–water partition coefficient (Wildman–Crippen LogP) is 3.76. The second-order valence-electron chi connectivity index (χ2n) is 8.37. The van der Waals surface area contributed by atoms with Crippen LogP contribution >= 0.6 is 0 Å². The Hall–Kier alpha value is -3.72. The monoisotopic (exact) mass is 467 g/mol. The topological polar surface area (TPSA) is 113 Å². The van der Waals surface area contributed by atoms with Crippen molar-refractivity contribution < 1.29 is 24.4 Å². The Morgan fingerprint density at radius 1 is 1.12 bits per heavy atom. The lowest BCUT2D eigenvalue weighted by Crippen LogP contribution is -2.32. The number of aliphatic hydroxyl groups is 1. The zero-order valence-corrected chi connectivity index (χ0v) is 19.6. The number of hydrogen-bond acceptors (Lipinski definition) is 7. The number of benzene rings is 2. The van der Waals surface area contributed by atoms with Crippen molar-refractivity contribution in [1.82, 2.24) is 9.80 Å². The first-order valence-electron chi connectivity index (χ1n) is 11.1. The van der Waals surface area contributed by atoms with Gasteiger partial charge < -0.3 is 19.6 Å². The standard InChI is InChI=1S/C25H29N3O6/c1-4-16-34-20-12-8-18(9-13-20)23(29)21-22(17-6-10-19(11-7-17)28(32)33)27(25(31)24(21)30)15-5-14-26(2)3/h6-13,22,29H,4-5,14-16H2,1-3H3/t22-/m0/s1. The molecule has 0 aromatic heterocycles. The Morgan fingerprint density at radius 3 is 2.32 bits per heavy atom. The zero-order chi connectivity index (χ0) is 24.8. The molecular weight excluding hydrogens is 438 g/mol. The first-order chi connectivity index (χ1) is 16.2. The molecule has 180 valence electrons. The van der Waals surface area contributed by atoms with Gasteiger partial charge in [0, 0.05) is 24.2 Å². The molecule has 1 aliphatic heterocycles. The molecule has 34 heavy (non-hydrogen) atoms. The zero-order valence-electron chi connectivity index (χ0n) is 19.6. The van der Waals surface area contributed by atoms with Crippen molar-refractivity contribution in [2.45, 2.75) is 25.8 Å². The lowest BCUT2D eigenvalue weighted by molar-refractivity contribution is -0.384. The lowest BCUT2D eigenvalue weighted by Gasteiger charge is -2.26. The highest BCUT2D eigenvalue weighted by molar-refractivity contribution is 6.46. The number of aliphatic hydroxyl groups excluding tert-OH is 1. The van der Waals surface area contributed by atoms with Gasteiger partial charge in [-0.25, -0.2) is 0 Å². The van der Waals surface area contributed by atoms with Crippen LogP contribution in [0.4, 0.5) is 5.69 Å². The van der Waals surface area contributed by atoms with Gasteiger partial charge in [0.1, 0.15) is 11.5 Å². The molecule has 1 amide bonds. The van der Waals surface area contributed by atoms with Crippen LogP contribution in [0.25, 0.3) is 5.76 Å². The number of nitrogens with zero attached hydrogens (tertiary/aromatic N) is 3. The minimum Gasteiger partial charge on any atom is -0.507 e. The molecule has 1 atom stereocenters. The van der Waals surface area contributed by atoms with E-state index in [1.807, 2.05) is 25.9 Å². The number of carbonyl (C=O) groups excluding carboxylic acids is 2. The number of nitro groups is 1. The van der Waals surface area contributed by atoms with Gasteiger partial charge in [0.15, 0.2) is 0 Å².